The summed E-state index contributed by atoms with van der Waals surface area (Å²) in [4.78, 5) is 5.82. The van der Waals surface area contributed by atoms with Crippen molar-refractivity contribution in [3.8, 4) is 0 Å². The summed E-state index contributed by atoms with van der Waals surface area (Å²) in [5.41, 5.74) is -0.0406. The van der Waals surface area contributed by atoms with E-state index in [-0.39, 0.29) is 15.6 Å². The first-order chi connectivity index (χ1) is 8.04. The van der Waals surface area contributed by atoms with Gasteiger partial charge in [-0.2, -0.15) is 0 Å². The summed E-state index contributed by atoms with van der Waals surface area (Å²) in [7, 11) is 0. The molecule has 100 valence electrons. The normalized spacial score (nSPS) is 12.6. The van der Waals surface area contributed by atoms with Crippen LogP contribution in [0.4, 0.5) is 22.0 Å². The Kier molecular flexibility index (Phi) is 4.02. The third-order valence-electron chi connectivity index (χ3n) is 1.99. The van der Waals surface area contributed by atoms with Gasteiger partial charge < -0.3 is 0 Å². The molecule has 8 heteroatoms. The zero-order valence-electron chi connectivity index (χ0n) is 8.89. The van der Waals surface area contributed by atoms with E-state index in [0.717, 1.165) is 18.2 Å². The molecule has 0 saturated carbocycles. The molecule has 1 rings (SSSR count). The first kappa shape index (κ1) is 14.9. The first-order valence-corrected chi connectivity index (χ1v) is 6.23. The Morgan fingerprint density at radius 2 is 1.78 bits per heavy atom. The van der Waals surface area contributed by atoms with Crippen molar-refractivity contribution < 1.29 is 31.9 Å². The fraction of sp³-hybridized carbons (Fsp3) is 0.300. The molecule has 0 atom stereocenters. The van der Waals surface area contributed by atoms with E-state index in [1.807, 2.05) is 0 Å². The Morgan fingerprint density at radius 3 is 2.17 bits per heavy atom. The van der Waals surface area contributed by atoms with Crippen molar-refractivity contribution in [1.82, 2.24) is 0 Å². The van der Waals surface area contributed by atoms with Gasteiger partial charge in [-0.25, -0.2) is 0 Å². The quantitative estimate of drug-likeness (QED) is 0.680. The Hall–Kier alpha value is -1.14. The molecule has 1 aromatic rings. The number of carboxylic acids is 1. The van der Waals surface area contributed by atoms with E-state index in [1.54, 1.807) is 0 Å². The van der Waals surface area contributed by atoms with Gasteiger partial charge in [-0.1, -0.05) is 0 Å². The molecule has 0 aliphatic rings. The summed E-state index contributed by atoms with van der Waals surface area (Å²) in [6, 6.07) is 3.09. The van der Waals surface area contributed by atoms with Gasteiger partial charge in [0.2, 0.25) is 0 Å². The van der Waals surface area contributed by atoms with Gasteiger partial charge in [-0.3, -0.25) is 0 Å². The van der Waals surface area contributed by atoms with E-state index in [0.29, 0.717) is 0 Å². The fourth-order valence-electron chi connectivity index (χ4n) is 1.09. The van der Waals surface area contributed by atoms with Gasteiger partial charge in [0.1, 0.15) is 0 Å². The number of hydrogen-bond acceptors (Lipinski definition) is 1. The van der Waals surface area contributed by atoms with Crippen LogP contribution in [0.5, 0.6) is 0 Å². The Bertz CT molecular complexity index is 470. The van der Waals surface area contributed by atoms with E-state index in [9.17, 15) is 26.7 Å². The molecule has 0 radical (unpaired) electrons. The van der Waals surface area contributed by atoms with Gasteiger partial charge in [-0.05, 0) is 0 Å². The summed E-state index contributed by atoms with van der Waals surface area (Å²) in [6.45, 7) is 1.30. The van der Waals surface area contributed by atoms with Gasteiger partial charge in [0.05, 0.1) is 0 Å². The van der Waals surface area contributed by atoms with Gasteiger partial charge >= 0.3 is 104 Å². The summed E-state index contributed by atoms with van der Waals surface area (Å²) in [6.07, 6.45) is -5.59. The van der Waals surface area contributed by atoms with Crippen molar-refractivity contribution in [3.63, 3.8) is 0 Å². The third-order valence-corrected chi connectivity index (χ3v) is 4.44. The summed E-state index contributed by atoms with van der Waals surface area (Å²) >= 11 is -2.13. The molecule has 0 saturated heterocycles. The zero-order valence-corrected chi connectivity index (χ0v) is 10.6. The molecule has 0 unspecified atom stereocenters. The number of alkyl halides is 5. The maximum absolute atomic E-state index is 12.8. The average Bonchev–Trinajstić information content (AvgIpc) is 2.18. The van der Waals surface area contributed by atoms with Crippen molar-refractivity contribution in [3.05, 3.63) is 29.3 Å². The van der Waals surface area contributed by atoms with Gasteiger partial charge in [0, 0.05) is 0 Å². The molecule has 0 amide bonds. The van der Waals surface area contributed by atoms with Crippen LogP contribution in [0.2, 0.25) is 0 Å². The Morgan fingerprint density at radius 1 is 1.22 bits per heavy atom. The monoisotopic (exact) mass is 334 g/mol. The summed E-state index contributed by atoms with van der Waals surface area (Å²) in [5, 5.41) is 8.64. The molecule has 0 bridgehead atoms. The molecule has 0 aliphatic carbocycles. The van der Waals surface area contributed by atoms with Crippen molar-refractivity contribution in [1.29, 1.82) is 0 Å². The second kappa shape index (κ2) is 4.85. The zero-order chi connectivity index (χ0) is 14.1. The van der Waals surface area contributed by atoms with Gasteiger partial charge in [0.15, 0.2) is 0 Å². The molecule has 0 spiro atoms. The third kappa shape index (κ3) is 3.20. The molecule has 0 heterocycles. The van der Waals surface area contributed by atoms with Crippen LogP contribution < -0.4 is 4.46 Å². The van der Waals surface area contributed by atoms with Crippen molar-refractivity contribution in [2.75, 3.05) is 0 Å². The molecular formula is C10H7F5O2Se. The molecule has 0 fully saturated rings. The number of halogens is 5. The number of rotatable bonds is 3. The standard InChI is InChI=1S/C10H7F5O2Se/c1-5-4-6(8(16)17)2-3-7(5)18-10(14,15)9(11,12)13/h2-4H,1H3,(H,16,17). The van der Waals surface area contributed by atoms with E-state index in [4.69, 9.17) is 5.11 Å². The van der Waals surface area contributed by atoms with Crippen LogP contribution in [-0.4, -0.2) is 37.0 Å². The van der Waals surface area contributed by atoms with Crippen LogP contribution in [0.1, 0.15) is 15.9 Å². The van der Waals surface area contributed by atoms with Crippen LogP contribution in [0.25, 0.3) is 0 Å². The number of benzene rings is 1. The predicted octanol–water partition coefficient (Wildman–Crippen LogP) is 2.18. The van der Waals surface area contributed by atoms with E-state index < -0.39 is 31.9 Å². The van der Waals surface area contributed by atoms with Crippen LogP contribution >= 0.6 is 0 Å². The molecule has 18 heavy (non-hydrogen) atoms. The number of aromatic carboxylic acids is 1. The molecule has 0 aliphatic heterocycles. The second-order valence-electron chi connectivity index (χ2n) is 3.40. The van der Waals surface area contributed by atoms with Crippen molar-refractivity contribution in [2.24, 2.45) is 0 Å². The van der Waals surface area contributed by atoms with E-state index >= 15 is 0 Å². The first-order valence-electron chi connectivity index (χ1n) is 4.52. The maximum atomic E-state index is 12.8. The van der Waals surface area contributed by atoms with Crippen LogP contribution in [-0.2, 0) is 0 Å². The van der Waals surface area contributed by atoms with Gasteiger partial charge in [-0.15, -0.1) is 0 Å². The molecule has 1 aromatic carbocycles. The van der Waals surface area contributed by atoms with Crippen LogP contribution in [0.15, 0.2) is 18.2 Å². The van der Waals surface area contributed by atoms with Crippen LogP contribution in [0.3, 0.4) is 0 Å². The fourth-order valence-corrected chi connectivity index (χ4v) is 2.66. The van der Waals surface area contributed by atoms with Crippen LogP contribution in [0, 0.1) is 6.92 Å². The van der Waals surface area contributed by atoms with Gasteiger partial charge in [0.25, 0.3) is 0 Å². The number of carboxylic acid groups (broad SMARTS) is 1. The molecular weight excluding hydrogens is 326 g/mol. The Balaban J connectivity index is 3.03. The van der Waals surface area contributed by atoms with E-state index in [1.165, 1.54) is 6.92 Å². The summed E-state index contributed by atoms with van der Waals surface area (Å²) in [5.74, 6) is -1.26. The number of carbonyl (C=O) groups is 1. The predicted molar refractivity (Wildman–Crippen MR) is 54.5 cm³/mol. The second-order valence-corrected chi connectivity index (χ2v) is 5.83. The minimum absolute atomic E-state index is 0.110. The average molecular weight is 333 g/mol. The molecule has 1 N–H and O–H groups in total. The van der Waals surface area contributed by atoms with Crippen molar-refractivity contribution in [2.45, 2.75) is 17.9 Å². The molecule has 0 aromatic heterocycles. The minimum atomic E-state index is -5.59. The number of aryl methyl sites for hydroxylation is 1. The number of hydrogen-bond donors (Lipinski definition) is 1. The molecule has 2 nitrogen and oxygen atoms in total. The Labute approximate surface area is 105 Å². The SMILES string of the molecule is Cc1cc(C(=O)O)ccc1[Se]C(F)(F)C(F)(F)F. The van der Waals surface area contributed by atoms with E-state index in [2.05, 4.69) is 0 Å². The van der Waals surface area contributed by atoms with Crippen molar-refractivity contribution >= 4 is 25.4 Å². The summed E-state index contributed by atoms with van der Waals surface area (Å²) < 4.78 is 61.6. The topological polar surface area (TPSA) is 37.3 Å².